The van der Waals surface area contributed by atoms with E-state index in [4.69, 9.17) is 11.6 Å². The van der Waals surface area contributed by atoms with Gasteiger partial charge in [0.05, 0.1) is 0 Å². The molecule has 3 rings (SSSR count). The molecule has 2 N–H and O–H groups in total. The summed E-state index contributed by atoms with van der Waals surface area (Å²) in [5.41, 5.74) is 3.72. The largest absolute Gasteiger partial charge is 0.334 e. The Morgan fingerprint density at radius 1 is 1.21 bits per heavy atom. The number of halogens is 1. The van der Waals surface area contributed by atoms with Crippen molar-refractivity contribution in [2.45, 2.75) is 19.4 Å². The van der Waals surface area contributed by atoms with E-state index in [0.717, 1.165) is 23.2 Å². The number of carbonyl (C=O) groups excluding carboxylic acids is 2. The smallest absolute Gasteiger partial charge is 0.319 e. The summed E-state index contributed by atoms with van der Waals surface area (Å²) in [6.45, 7) is 0.414. The van der Waals surface area contributed by atoms with Crippen LogP contribution in [0, 0.1) is 0 Å². The SMILES string of the molecule is CN1C(=O)CCc2cc(CNC(=O)Nc3cccc(Cl)c3)ccc21. The van der Waals surface area contributed by atoms with E-state index in [9.17, 15) is 9.59 Å². The van der Waals surface area contributed by atoms with Crippen molar-refractivity contribution in [3.05, 3.63) is 58.6 Å². The van der Waals surface area contributed by atoms with Crippen LogP contribution in [0.1, 0.15) is 17.5 Å². The zero-order chi connectivity index (χ0) is 17.1. The fourth-order valence-electron chi connectivity index (χ4n) is 2.74. The van der Waals surface area contributed by atoms with E-state index in [1.54, 1.807) is 36.2 Å². The van der Waals surface area contributed by atoms with Crippen LogP contribution in [-0.4, -0.2) is 19.0 Å². The first-order valence-electron chi connectivity index (χ1n) is 7.72. The number of benzene rings is 2. The van der Waals surface area contributed by atoms with Gasteiger partial charge in [-0.1, -0.05) is 29.8 Å². The van der Waals surface area contributed by atoms with Crippen molar-refractivity contribution >= 4 is 34.9 Å². The lowest BCUT2D eigenvalue weighted by atomic mass is 9.99. The maximum atomic E-state index is 12.0. The van der Waals surface area contributed by atoms with Gasteiger partial charge in [-0.05, 0) is 41.8 Å². The van der Waals surface area contributed by atoms with Gasteiger partial charge in [-0.15, -0.1) is 0 Å². The van der Waals surface area contributed by atoms with E-state index in [1.807, 2.05) is 18.2 Å². The number of urea groups is 1. The van der Waals surface area contributed by atoms with E-state index >= 15 is 0 Å². The number of anilines is 2. The van der Waals surface area contributed by atoms with Gasteiger partial charge < -0.3 is 15.5 Å². The summed E-state index contributed by atoms with van der Waals surface area (Å²) < 4.78 is 0. The molecular formula is C18H18ClN3O2. The second-order valence-electron chi connectivity index (χ2n) is 5.73. The number of fused-ring (bicyclic) bond motifs is 1. The molecule has 1 aliphatic heterocycles. The van der Waals surface area contributed by atoms with E-state index in [0.29, 0.717) is 23.7 Å². The molecule has 1 heterocycles. The monoisotopic (exact) mass is 343 g/mol. The second kappa shape index (κ2) is 6.93. The average Bonchev–Trinajstić information content (AvgIpc) is 2.56. The van der Waals surface area contributed by atoms with Crippen molar-refractivity contribution in [2.75, 3.05) is 17.3 Å². The number of rotatable bonds is 3. The minimum atomic E-state index is -0.290. The van der Waals surface area contributed by atoms with E-state index in [1.165, 1.54) is 0 Å². The summed E-state index contributed by atoms with van der Waals surface area (Å²) in [4.78, 5) is 25.4. The lowest BCUT2D eigenvalue weighted by molar-refractivity contribution is -0.118. The number of hydrogen-bond donors (Lipinski definition) is 2. The molecule has 0 unspecified atom stereocenters. The van der Waals surface area contributed by atoms with Crippen LogP contribution in [0.2, 0.25) is 5.02 Å². The van der Waals surface area contributed by atoms with E-state index < -0.39 is 0 Å². The topological polar surface area (TPSA) is 61.4 Å². The number of nitrogens with one attached hydrogen (secondary N) is 2. The third-order valence-electron chi connectivity index (χ3n) is 4.02. The summed E-state index contributed by atoms with van der Waals surface area (Å²) in [6.07, 6.45) is 1.26. The Labute approximate surface area is 145 Å². The van der Waals surface area contributed by atoms with Gasteiger partial charge in [0.15, 0.2) is 0 Å². The highest BCUT2D eigenvalue weighted by molar-refractivity contribution is 6.30. The fourth-order valence-corrected chi connectivity index (χ4v) is 2.93. The van der Waals surface area contributed by atoms with Gasteiger partial charge in [-0.25, -0.2) is 4.79 Å². The van der Waals surface area contributed by atoms with Crippen LogP contribution in [0.25, 0.3) is 0 Å². The molecule has 24 heavy (non-hydrogen) atoms. The molecule has 5 nitrogen and oxygen atoms in total. The van der Waals surface area contributed by atoms with E-state index in [2.05, 4.69) is 10.6 Å². The van der Waals surface area contributed by atoms with Gasteiger partial charge in [0.2, 0.25) is 5.91 Å². The first kappa shape index (κ1) is 16.3. The number of carbonyl (C=O) groups is 2. The Morgan fingerprint density at radius 3 is 2.83 bits per heavy atom. The normalized spacial score (nSPS) is 13.4. The number of amides is 3. The predicted molar refractivity (Wildman–Crippen MR) is 95.5 cm³/mol. The van der Waals surface area contributed by atoms with Crippen LogP contribution < -0.4 is 15.5 Å². The Kier molecular flexibility index (Phi) is 4.71. The molecule has 3 amide bonds. The fraction of sp³-hybridized carbons (Fsp3) is 0.222. The summed E-state index contributed by atoms with van der Waals surface area (Å²) >= 11 is 5.89. The summed E-state index contributed by atoms with van der Waals surface area (Å²) in [5.74, 6) is 0.134. The summed E-state index contributed by atoms with van der Waals surface area (Å²) in [6, 6.07) is 12.6. The number of aryl methyl sites for hydroxylation is 1. The Hall–Kier alpha value is -2.53. The Bertz CT molecular complexity index is 792. The minimum Gasteiger partial charge on any atom is -0.334 e. The van der Waals surface area contributed by atoms with Crippen molar-refractivity contribution in [1.82, 2.24) is 5.32 Å². The minimum absolute atomic E-state index is 0.134. The molecule has 0 bridgehead atoms. The molecule has 0 saturated carbocycles. The van der Waals surface area contributed by atoms with Crippen molar-refractivity contribution in [2.24, 2.45) is 0 Å². The van der Waals surface area contributed by atoms with Crippen LogP contribution in [0.5, 0.6) is 0 Å². The highest BCUT2D eigenvalue weighted by Gasteiger charge is 2.20. The zero-order valence-electron chi connectivity index (χ0n) is 13.3. The quantitative estimate of drug-likeness (QED) is 0.895. The van der Waals surface area contributed by atoms with Crippen LogP contribution >= 0.6 is 11.6 Å². The van der Waals surface area contributed by atoms with Crippen LogP contribution in [-0.2, 0) is 17.8 Å². The third kappa shape index (κ3) is 3.68. The molecule has 0 atom stereocenters. The lowest BCUT2D eigenvalue weighted by Crippen LogP contribution is -2.31. The molecule has 0 spiro atoms. The van der Waals surface area contributed by atoms with Crippen molar-refractivity contribution in [3.63, 3.8) is 0 Å². The Balaban J connectivity index is 1.61. The molecule has 2 aromatic rings. The Morgan fingerprint density at radius 2 is 2.04 bits per heavy atom. The van der Waals surface area contributed by atoms with Gasteiger partial charge in [0.25, 0.3) is 0 Å². The van der Waals surface area contributed by atoms with Crippen molar-refractivity contribution < 1.29 is 9.59 Å². The van der Waals surface area contributed by atoms with Gasteiger partial charge in [0.1, 0.15) is 0 Å². The zero-order valence-corrected chi connectivity index (χ0v) is 14.1. The second-order valence-corrected chi connectivity index (χ2v) is 6.17. The molecular weight excluding hydrogens is 326 g/mol. The highest BCUT2D eigenvalue weighted by Crippen LogP contribution is 2.27. The standard InChI is InChI=1S/C18H18ClN3O2/c1-22-16-7-5-12(9-13(16)6-8-17(22)23)11-20-18(24)21-15-4-2-3-14(19)10-15/h2-5,7,9-10H,6,8,11H2,1H3,(H2,20,21,24). The molecule has 0 saturated heterocycles. The molecule has 0 fully saturated rings. The predicted octanol–water partition coefficient (Wildman–Crippen LogP) is 3.57. The summed E-state index contributed by atoms with van der Waals surface area (Å²) in [5, 5.41) is 6.13. The molecule has 1 aliphatic rings. The van der Waals surface area contributed by atoms with Gasteiger partial charge in [-0.3, -0.25) is 4.79 Å². The van der Waals surface area contributed by atoms with Gasteiger partial charge in [0, 0.05) is 36.4 Å². The molecule has 0 radical (unpaired) electrons. The maximum Gasteiger partial charge on any atom is 0.319 e. The molecule has 0 aliphatic carbocycles. The molecule has 0 aromatic heterocycles. The lowest BCUT2D eigenvalue weighted by Gasteiger charge is -2.26. The van der Waals surface area contributed by atoms with Gasteiger partial charge >= 0.3 is 6.03 Å². The van der Waals surface area contributed by atoms with Crippen molar-refractivity contribution in [1.29, 1.82) is 0 Å². The van der Waals surface area contributed by atoms with Gasteiger partial charge in [-0.2, -0.15) is 0 Å². The number of hydrogen-bond acceptors (Lipinski definition) is 2. The number of nitrogens with zero attached hydrogens (tertiary/aromatic N) is 1. The molecule has 6 heteroatoms. The first-order valence-corrected chi connectivity index (χ1v) is 8.09. The molecule has 2 aromatic carbocycles. The first-order chi connectivity index (χ1) is 11.5. The summed E-state index contributed by atoms with van der Waals surface area (Å²) in [7, 11) is 1.79. The maximum absolute atomic E-state index is 12.0. The van der Waals surface area contributed by atoms with E-state index in [-0.39, 0.29) is 11.9 Å². The van der Waals surface area contributed by atoms with Crippen LogP contribution in [0.3, 0.4) is 0 Å². The third-order valence-corrected chi connectivity index (χ3v) is 4.26. The van der Waals surface area contributed by atoms with Crippen LogP contribution in [0.15, 0.2) is 42.5 Å². The average molecular weight is 344 g/mol. The van der Waals surface area contributed by atoms with Crippen LogP contribution in [0.4, 0.5) is 16.2 Å². The molecule has 124 valence electrons. The highest BCUT2D eigenvalue weighted by atomic mass is 35.5. The van der Waals surface area contributed by atoms with Crippen molar-refractivity contribution in [3.8, 4) is 0 Å².